The fourth-order valence-corrected chi connectivity index (χ4v) is 0.929. The molecule has 0 aromatic carbocycles. The summed E-state index contributed by atoms with van der Waals surface area (Å²) in [5.74, 6) is 2.21. The third-order valence-corrected chi connectivity index (χ3v) is 1.74. The van der Waals surface area contributed by atoms with Crippen molar-refractivity contribution in [2.24, 2.45) is 0 Å². The van der Waals surface area contributed by atoms with Crippen LogP contribution in [-0.2, 0) is 0 Å². The Morgan fingerprint density at radius 2 is 2.36 bits per heavy atom. The van der Waals surface area contributed by atoms with Gasteiger partial charge in [-0.05, 0) is 19.9 Å². The van der Waals surface area contributed by atoms with Gasteiger partial charge in [-0.2, -0.15) is 0 Å². The van der Waals surface area contributed by atoms with Crippen LogP contribution in [0.15, 0.2) is 12.3 Å². The third kappa shape index (κ3) is 2.30. The van der Waals surface area contributed by atoms with E-state index < -0.39 is 5.54 Å². The maximum Gasteiger partial charge on any atom is 0.268 e. The Kier molecular flexibility index (Phi) is 2.52. The van der Waals surface area contributed by atoms with Crippen molar-refractivity contribution in [2.75, 3.05) is 5.73 Å². The van der Waals surface area contributed by atoms with Crippen LogP contribution in [0.2, 0.25) is 0 Å². The summed E-state index contributed by atoms with van der Waals surface area (Å²) in [4.78, 5) is 14.3. The van der Waals surface area contributed by atoms with Crippen molar-refractivity contribution in [2.45, 2.75) is 19.4 Å². The van der Waals surface area contributed by atoms with Crippen LogP contribution in [0, 0.1) is 12.3 Å². The maximum absolute atomic E-state index is 11.5. The van der Waals surface area contributed by atoms with Crippen molar-refractivity contribution in [3.63, 3.8) is 0 Å². The molecule has 4 nitrogen and oxygen atoms in total. The van der Waals surface area contributed by atoms with Crippen molar-refractivity contribution in [1.29, 1.82) is 0 Å². The van der Waals surface area contributed by atoms with Crippen molar-refractivity contribution in [1.82, 2.24) is 10.3 Å². The Morgan fingerprint density at radius 1 is 1.71 bits per heavy atom. The number of rotatable bonds is 2. The summed E-state index contributed by atoms with van der Waals surface area (Å²) < 4.78 is 0. The number of amides is 1. The second-order valence-corrected chi connectivity index (χ2v) is 3.57. The van der Waals surface area contributed by atoms with Gasteiger partial charge in [0.05, 0.1) is 5.54 Å². The zero-order valence-electron chi connectivity index (χ0n) is 8.22. The Balaban J connectivity index is 2.74. The minimum Gasteiger partial charge on any atom is -0.397 e. The molecule has 0 atom stereocenters. The highest BCUT2D eigenvalue weighted by Crippen LogP contribution is 2.06. The highest BCUT2D eigenvalue weighted by Gasteiger charge is 2.18. The lowest BCUT2D eigenvalue weighted by atomic mass is 10.1. The number of carbonyl (C=O) groups is 1. The van der Waals surface area contributed by atoms with Crippen LogP contribution in [0.25, 0.3) is 0 Å². The molecule has 74 valence electrons. The number of anilines is 1. The number of nitrogen functional groups attached to an aromatic ring is 1. The number of aromatic amines is 1. The Hall–Kier alpha value is -1.89. The Labute approximate surface area is 82.9 Å². The highest BCUT2D eigenvalue weighted by atomic mass is 16.2. The summed E-state index contributed by atoms with van der Waals surface area (Å²) in [6.07, 6.45) is 6.79. The summed E-state index contributed by atoms with van der Waals surface area (Å²) in [6, 6.07) is 1.56. The number of H-pyrrole nitrogens is 1. The van der Waals surface area contributed by atoms with Crippen LogP contribution in [-0.4, -0.2) is 16.4 Å². The van der Waals surface area contributed by atoms with Crippen molar-refractivity contribution >= 4 is 11.6 Å². The molecule has 0 fully saturated rings. The lowest BCUT2D eigenvalue weighted by Gasteiger charge is -2.18. The zero-order valence-corrected chi connectivity index (χ0v) is 8.22. The van der Waals surface area contributed by atoms with E-state index in [2.05, 4.69) is 16.2 Å². The molecule has 1 amide bonds. The van der Waals surface area contributed by atoms with Crippen molar-refractivity contribution in [3.05, 3.63) is 18.0 Å². The molecular formula is C10H13N3O. The van der Waals surface area contributed by atoms with Gasteiger partial charge >= 0.3 is 0 Å². The molecule has 0 spiro atoms. The molecule has 1 heterocycles. The first kappa shape index (κ1) is 10.2. The molecule has 4 N–H and O–H groups in total. The molecule has 0 unspecified atom stereocenters. The lowest BCUT2D eigenvalue weighted by Crippen LogP contribution is -2.42. The lowest BCUT2D eigenvalue weighted by molar-refractivity contribution is 0.0925. The number of terminal acetylenes is 1. The number of nitrogens with two attached hydrogens (primary N) is 1. The van der Waals surface area contributed by atoms with E-state index in [9.17, 15) is 4.79 Å². The first-order valence-corrected chi connectivity index (χ1v) is 4.19. The Morgan fingerprint density at radius 3 is 2.79 bits per heavy atom. The van der Waals surface area contributed by atoms with Gasteiger partial charge in [-0.1, -0.05) is 5.92 Å². The topological polar surface area (TPSA) is 70.9 Å². The second kappa shape index (κ2) is 3.46. The van der Waals surface area contributed by atoms with E-state index in [4.69, 9.17) is 12.2 Å². The average molecular weight is 191 g/mol. The third-order valence-electron chi connectivity index (χ3n) is 1.74. The fraction of sp³-hybridized carbons (Fsp3) is 0.300. The molecule has 14 heavy (non-hydrogen) atoms. The quantitative estimate of drug-likeness (QED) is 0.603. The van der Waals surface area contributed by atoms with E-state index >= 15 is 0 Å². The predicted octanol–water partition coefficient (Wildman–Crippen LogP) is 0.739. The van der Waals surface area contributed by atoms with Gasteiger partial charge in [0.1, 0.15) is 5.69 Å². The number of nitrogens with one attached hydrogen (secondary N) is 2. The van der Waals surface area contributed by atoms with Crippen LogP contribution >= 0.6 is 0 Å². The zero-order chi connectivity index (χ0) is 10.8. The fourth-order valence-electron chi connectivity index (χ4n) is 0.929. The van der Waals surface area contributed by atoms with Gasteiger partial charge in [-0.3, -0.25) is 4.79 Å². The van der Waals surface area contributed by atoms with Gasteiger partial charge in [0.15, 0.2) is 0 Å². The van der Waals surface area contributed by atoms with Gasteiger partial charge in [0.2, 0.25) is 0 Å². The molecule has 1 aromatic heterocycles. The summed E-state index contributed by atoms with van der Waals surface area (Å²) >= 11 is 0. The molecule has 0 saturated carbocycles. The highest BCUT2D eigenvalue weighted by molar-refractivity contribution is 5.94. The summed E-state index contributed by atoms with van der Waals surface area (Å²) in [5.41, 5.74) is 5.74. The number of hydrogen-bond donors (Lipinski definition) is 3. The number of hydrogen-bond acceptors (Lipinski definition) is 2. The average Bonchev–Trinajstić information content (AvgIpc) is 2.51. The molecule has 0 bridgehead atoms. The first-order chi connectivity index (χ1) is 6.44. The molecule has 0 aliphatic heterocycles. The largest absolute Gasteiger partial charge is 0.397 e. The summed E-state index contributed by atoms with van der Waals surface area (Å²) in [5, 5.41) is 2.67. The first-order valence-electron chi connectivity index (χ1n) is 4.19. The normalized spacial score (nSPS) is 10.6. The second-order valence-electron chi connectivity index (χ2n) is 3.57. The van der Waals surface area contributed by atoms with E-state index in [-0.39, 0.29) is 5.91 Å². The van der Waals surface area contributed by atoms with Crippen LogP contribution in [0.5, 0.6) is 0 Å². The molecule has 0 aliphatic rings. The molecule has 1 aromatic rings. The molecule has 4 heteroatoms. The van der Waals surface area contributed by atoms with Gasteiger partial charge in [-0.25, -0.2) is 0 Å². The van der Waals surface area contributed by atoms with Gasteiger partial charge < -0.3 is 16.0 Å². The van der Waals surface area contributed by atoms with E-state index in [1.54, 1.807) is 26.1 Å². The van der Waals surface area contributed by atoms with E-state index in [1.807, 2.05) is 0 Å². The van der Waals surface area contributed by atoms with Crippen molar-refractivity contribution in [3.8, 4) is 12.3 Å². The van der Waals surface area contributed by atoms with E-state index in [0.29, 0.717) is 11.4 Å². The van der Waals surface area contributed by atoms with Gasteiger partial charge in [0, 0.05) is 11.9 Å². The van der Waals surface area contributed by atoms with Gasteiger partial charge in [-0.15, -0.1) is 6.42 Å². The van der Waals surface area contributed by atoms with Gasteiger partial charge in [0.25, 0.3) is 5.91 Å². The minimum atomic E-state index is -0.656. The molecule has 0 radical (unpaired) electrons. The van der Waals surface area contributed by atoms with Crippen LogP contribution in [0.3, 0.4) is 0 Å². The van der Waals surface area contributed by atoms with Crippen molar-refractivity contribution < 1.29 is 4.79 Å². The maximum atomic E-state index is 11.5. The molecule has 0 aliphatic carbocycles. The standard InChI is InChI=1S/C10H13N3O/c1-4-10(2,3)13-9(14)8-5-7(11)6-12-8/h1,5-6,12H,11H2,2-3H3,(H,13,14). The summed E-state index contributed by atoms with van der Waals surface area (Å²) in [6.45, 7) is 3.49. The van der Waals surface area contributed by atoms with Crippen LogP contribution in [0.4, 0.5) is 5.69 Å². The monoisotopic (exact) mass is 191 g/mol. The smallest absolute Gasteiger partial charge is 0.268 e. The number of aromatic nitrogens is 1. The molecular weight excluding hydrogens is 178 g/mol. The minimum absolute atomic E-state index is 0.260. The summed E-state index contributed by atoms with van der Waals surface area (Å²) in [7, 11) is 0. The molecule has 0 saturated heterocycles. The molecule has 1 rings (SSSR count). The van der Waals surface area contributed by atoms with E-state index in [0.717, 1.165) is 0 Å². The predicted molar refractivity (Wildman–Crippen MR) is 55.6 cm³/mol. The number of carbonyl (C=O) groups excluding carboxylic acids is 1. The van der Waals surface area contributed by atoms with Crippen LogP contribution in [0.1, 0.15) is 24.3 Å². The SMILES string of the molecule is C#CC(C)(C)NC(=O)c1cc(N)c[nH]1. The Bertz CT molecular complexity index is 384. The van der Waals surface area contributed by atoms with Crippen LogP contribution < -0.4 is 11.1 Å². The van der Waals surface area contributed by atoms with E-state index in [1.165, 1.54) is 0 Å².